The normalized spacial score (nSPS) is 8.60. The molecule has 0 spiro atoms. The Kier molecular flexibility index (Phi) is 17.2. The van der Waals surface area contributed by atoms with Gasteiger partial charge in [0, 0.05) is 0 Å². The third-order valence-corrected chi connectivity index (χ3v) is 2.74. The number of nitrogens with zero attached hydrogens (tertiary/aromatic N) is 20. The van der Waals surface area contributed by atoms with Crippen molar-refractivity contribution in [2.24, 2.45) is 0 Å². The molecule has 0 aromatic carbocycles. The number of nitro groups is 4. The number of fused-ring (bicyclic) bond motifs is 2. The second-order valence-corrected chi connectivity index (χ2v) is 4.77. The molecule has 4 aromatic heterocycles. The lowest BCUT2D eigenvalue weighted by molar-refractivity contribution is -0.420. The minimum Gasteiger partial charge on any atom is -0.412 e. The fourth-order valence-corrected chi connectivity index (χ4v) is 1.73. The molecule has 224 valence electrons. The summed E-state index contributed by atoms with van der Waals surface area (Å²) in [6.45, 7) is 0. The van der Waals surface area contributed by atoms with Gasteiger partial charge in [0.2, 0.25) is 0 Å². The Balaban J connectivity index is -0.000000282. The van der Waals surface area contributed by atoms with Crippen molar-refractivity contribution < 1.29 is 31.1 Å². The summed E-state index contributed by atoms with van der Waals surface area (Å²) in [5, 5.41) is 69.6. The maximum Gasteiger partial charge on any atom is 0.189 e. The molecule has 0 aliphatic carbocycles. The van der Waals surface area contributed by atoms with Crippen LogP contribution in [0.25, 0.3) is 33.3 Å². The average molecular weight is 588 g/mol. The van der Waals surface area contributed by atoms with Crippen molar-refractivity contribution in [3.05, 3.63) is 62.2 Å². The molecule has 4 aromatic rings. The third-order valence-electron chi connectivity index (χ3n) is 2.74. The molecular formula is C6H20N24O10. The topological polar surface area (TPSA) is 576 Å². The van der Waals surface area contributed by atoms with Gasteiger partial charge in [-0.15, -0.1) is 0 Å². The average Bonchev–Trinajstić information content (AvgIpc) is 3.31. The lowest BCUT2D eigenvalue weighted by Crippen LogP contribution is -2.01. The van der Waals surface area contributed by atoms with Gasteiger partial charge in [-0.25, -0.2) is 40.5 Å². The van der Waals surface area contributed by atoms with Crippen molar-refractivity contribution in [2.75, 3.05) is 0 Å². The molecule has 0 aliphatic heterocycles. The standard InChI is InChI=1S/2C3N10O4.4H3N.2H2O/c2*14-12(15)9-1-4-5-2-6-7-3(10-13(16)17)11(2)8-1;;;;;;/h;;4*1H3;2*1H2/q2*-2;;;;;;/p+4. The molecule has 0 fully saturated rings. The van der Waals surface area contributed by atoms with E-state index in [1.807, 2.05) is 0 Å². The summed E-state index contributed by atoms with van der Waals surface area (Å²) < 4.78 is 1.41. The van der Waals surface area contributed by atoms with Gasteiger partial charge in [0.25, 0.3) is 0 Å². The monoisotopic (exact) mass is 588 g/mol. The second-order valence-electron chi connectivity index (χ2n) is 4.77. The van der Waals surface area contributed by atoms with E-state index in [1.54, 1.807) is 0 Å². The quantitative estimate of drug-likeness (QED) is 0.134. The largest absolute Gasteiger partial charge is 0.412 e. The molecule has 0 amide bonds. The predicted molar refractivity (Wildman–Crippen MR) is 124 cm³/mol. The first-order valence-electron chi connectivity index (χ1n) is 7.49. The van der Waals surface area contributed by atoms with Crippen LogP contribution in [0.1, 0.15) is 0 Å². The molecule has 40 heavy (non-hydrogen) atoms. The maximum absolute atomic E-state index is 10.1. The van der Waals surface area contributed by atoms with Gasteiger partial charge in [0.15, 0.2) is 11.6 Å². The Morgan fingerprint density at radius 1 is 0.475 bits per heavy atom. The first kappa shape index (κ1) is 40.5. The van der Waals surface area contributed by atoms with Gasteiger partial charge in [0.1, 0.15) is 43.9 Å². The zero-order valence-electron chi connectivity index (χ0n) is 20.2. The number of aromatic nitrogens is 12. The van der Waals surface area contributed by atoms with Gasteiger partial charge >= 0.3 is 0 Å². The lowest BCUT2D eigenvalue weighted by atomic mass is 11.0. The molecule has 0 saturated heterocycles. The summed E-state index contributed by atoms with van der Waals surface area (Å²) in [7, 11) is 0. The summed E-state index contributed by atoms with van der Waals surface area (Å²) in [6.07, 6.45) is 0. The molecule has 0 bridgehead atoms. The molecule has 0 aliphatic rings. The van der Waals surface area contributed by atoms with Gasteiger partial charge in [0.05, 0.1) is 0 Å². The van der Waals surface area contributed by atoms with E-state index in [2.05, 4.69) is 72.7 Å². The molecule has 34 heteroatoms. The van der Waals surface area contributed by atoms with Gasteiger partial charge in [-0.05, 0) is 0 Å². The molecule has 0 radical (unpaired) electrons. The molecule has 4 heterocycles. The van der Waals surface area contributed by atoms with Gasteiger partial charge in [-0.3, -0.25) is 20.4 Å². The highest BCUT2D eigenvalue weighted by atomic mass is 16.7. The van der Waals surface area contributed by atoms with E-state index < -0.39 is 43.9 Å². The van der Waals surface area contributed by atoms with E-state index in [1.165, 1.54) is 0 Å². The maximum atomic E-state index is 10.1. The van der Waals surface area contributed by atoms with Crippen molar-refractivity contribution in [1.82, 2.24) is 84.6 Å². The van der Waals surface area contributed by atoms with Crippen molar-refractivity contribution >= 4 is 35.3 Å². The van der Waals surface area contributed by atoms with E-state index in [4.69, 9.17) is 0 Å². The molecule has 4 rings (SSSR count). The van der Waals surface area contributed by atoms with Crippen molar-refractivity contribution in [2.45, 2.75) is 0 Å². The van der Waals surface area contributed by atoms with E-state index in [9.17, 15) is 40.5 Å². The summed E-state index contributed by atoms with van der Waals surface area (Å²) in [5.41, 5.74) is 11.2. The van der Waals surface area contributed by atoms with Crippen LogP contribution in [-0.2, 0) is 0 Å². The van der Waals surface area contributed by atoms with Crippen LogP contribution in [0, 0.1) is 40.5 Å². The van der Waals surface area contributed by atoms with E-state index in [0.717, 1.165) is 0 Å². The Labute approximate surface area is 214 Å². The highest BCUT2D eigenvalue weighted by molar-refractivity contribution is 5.40. The van der Waals surface area contributed by atoms with Crippen molar-refractivity contribution in [3.63, 3.8) is 0 Å². The number of quaternary nitrogens is 4. The van der Waals surface area contributed by atoms with E-state index in [-0.39, 0.29) is 47.1 Å². The Morgan fingerprint density at radius 3 is 1.02 bits per heavy atom. The number of hydrogen-bond acceptors (Lipinski definition) is 18. The molecule has 20 N–H and O–H groups in total. The van der Waals surface area contributed by atoms with Gasteiger partial charge < -0.3 is 54.8 Å². The Hall–Kier alpha value is -6.62. The third kappa shape index (κ3) is 10.2. The number of rotatable bonds is 8. The van der Waals surface area contributed by atoms with Crippen molar-refractivity contribution in [3.8, 4) is 0 Å². The lowest BCUT2D eigenvalue weighted by Gasteiger charge is -2.08. The van der Waals surface area contributed by atoms with Crippen LogP contribution in [0.15, 0.2) is 0 Å². The summed E-state index contributed by atoms with van der Waals surface area (Å²) in [6, 6.07) is 0. The van der Waals surface area contributed by atoms with Crippen LogP contribution < -0.4 is 24.6 Å². The van der Waals surface area contributed by atoms with Crippen LogP contribution in [0.3, 0.4) is 0 Å². The predicted octanol–water partition coefficient (Wildman–Crippen LogP) is -1.53. The molecule has 0 unspecified atom stereocenters. The SMILES string of the molecule is O.O.O=[N+]([O-])[N-]c1nnc2nnc([N-][N+](=O)[O-])n2n1.O=[N+]([O-])[N-]c1nnc2nnc([N-][N+](=O)[O-])n2n1.[NH4+].[NH4+].[NH4+].[NH4+]. The highest BCUT2D eigenvalue weighted by Gasteiger charge is 2.04. The van der Waals surface area contributed by atoms with Crippen LogP contribution in [0.2, 0.25) is 0 Å². The minimum atomic E-state index is -1.04. The highest BCUT2D eigenvalue weighted by Crippen LogP contribution is 2.17. The van der Waals surface area contributed by atoms with Crippen LogP contribution in [0.4, 0.5) is 23.8 Å². The van der Waals surface area contributed by atoms with E-state index >= 15 is 0 Å². The summed E-state index contributed by atoms with van der Waals surface area (Å²) in [5.74, 6) is -2.62. The Morgan fingerprint density at radius 2 is 0.750 bits per heavy atom. The van der Waals surface area contributed by atoms with Gasteiger partial charge in [-0.1, -0.05) is 21.7 Å². The van der Waals surface area contributed by atoms with E-state index in [0.29, 0.717) is 9.03 Å². The smallest absolute Gasteiger partial charge is 0.189 e. The molecule has 0 atom stereocenters. The van der Waals surface area contributed by atoms with Crippen LogP contribution >= 0.6 is 0 Å². The van der Waals surface area contributed by atoms with Crippen molar-refractivity contribution in [1.29, 1.82) is 0 Å². The molecule has 34 nitrogen and oxygen atoms in total. The fourth-order valence-electron chi connectivity index (χ4n) is 1.73. The second kappa shape index (κ2) is 16.9. The van der Waals surface area contributed by atoms with Crippen LogP contribution in [-0.4, -0.2) is 91.1 Å². The molecular weight excluding hydrogens is 568 g/mol. The zero-order valence-corrected chi connectivity index (χ0v) is 20.2. The minimum absolute atomic E-state index is 0. The fraction of sp³-hybridized carbons (Fsp3) is 0. The number of hydrogen-bond donors (Lipinski definition) is 4. The van der Waals surface area contributed by atoms with Crippen LogP contribution in [0.5, 0.6) is 0 Å². The van der Waals surface area contributed by atoms with Gasteiger partial charge in [-0.2, -0.15) is 20.4 Å². The zero-order chi connectivity index (χ0) is 24.8. The first-order valence-corrected chi connectivity index (χ1v) is 7.49. The molecule has 0 saturated carbocycles. The Bertz CT molecular complexity index is 1290. The summed E-state index contributed by atoms with van der Waals surface area (Å²) in [4.78, 5) is 40.4. The first-order chi connectivity index (χ1) is 16.1. The summed E-state index contributed by atoms with van der Waals surface area (Å²) >= 11 is 0.